The normalized spacial score (nSPS) is 12.3. The van der Waals surface area contributed by atoms with Crippen LogP contribution in [0, 0.1) is 0 Å². The zero-order valence-corrected chi connectivity index (χ0v) is 9.34. The fourth-order valence-corrected chi connectivity index (χ4v) is 1.33. The molecule has 0 amide bonds. The number of alkyl halides is 6. The van der Waals surface area contributed by atoms with Crippen LogP contribution in [0.25, 0.3) is 0 Å². The Morgan fingerprint density at radius 2 is 1.85 bits per heavy atom. The van der Waals surface area contributed by atoms with Crippen LogP contribution < -0.4 is 10.5 Å². The van der Waals surface area contributed by atoms with E-state index in [9.17, 15) is 31.1 Å². The molecule has 0 saturated heterocycles. The Morgan fingerprint density at radius 1 is 1.30 bits per heavy atom. The van der Waals surface area contributed by atoms with Gasteiger partial charge in [0.1, 0.15) is 11.1 Å². The Balaban J connectivity index is 3.64. The Morgan fingerprint density at radius 3 is 2.20 bits per heavy atom. The molecule has 1 heterocycles. The number of aromatic carboxylic acids is 1. The monoisotopic (exact) mass is 304 g/mol. The minimum absolute atomic E-state index is 0.0374. The second-order valence-electron chi connectivity index (χ2n) is 3.38. The molecular weight excluding hydrogens is 298 g/mol. The summed E-state index contributed by atoms with van der Waals surface area (Å²) in [6, 6.07) is 0. The molecule has 3 N–H and O–H groups in total. The quantitative estimate of drug-likeness (QED) is 0.836. The van der Waals surface area contributed by atoms with Gasteiger partial charge in [-0.25, -0.2) is 4.79 Å². The van der Waals surface area contributed by atoms with Crippen molar-refractivity contribution in [2.75, 3.05) is 0 Å². The topological polar surface area (TPSA) is 85.4 Å². The van der Waals surface area contributed by atoms with Gasteiger partial charge in [-0.1, -0.05) is 0 Å². The van der Waals surface area contributed by atoms with E-state index in [0.717, 1.165) is 0 Å². The van der Waals surface area contributed by atoms with Crippen molar-refractivity contribution in [3.63, 3.8) is 0 Å². The summed E-state index contributed by atoms with van der Waals surface area (Å²) >= 11 is 0. The fourth-order valence-electron chi connectivity index (χ4n) is 1.33. The Kier molecular flexibility index (Phi) is 4.12. The molecule has 0 aliphatic rings. The Bertz CT molecular complexity index is 526. The minimum Gasteiger partial charge on any atom is -0.477 e. The molecule has 0 atom stereocenters. The summed E-state index contributed by atoms with van der Waals surface area (Å²) in [5.41, 5.74) is 1.04. The van der Waals surface area contributed by atoms with Gasteiger partial charge in [-0.2, -0.15) is 13.2 Å². The predicted octanol–water partition coefficient (Wildman–Crippen LogP) is 2.16. The number of carbonyl (C=O) groups is 1. The Labute approximate surface area is 107 Å². The van der Waals surface area contributed by atoms with Crippen LogP contribution in [0.15, 0.2) is 6.20 Å². The highest BCUT2D eigenvalue weighted by Gasteiger charge is 2.42. The van der Waals surface area contributed by atoms with Crippen LogP contribution in [0.1, 0.15) is 21.6 Å². The van der Waals surface area contributed by atoms with Crippen LogP contribution in [0.3, 0.4) is 0 Å². The summed E-state index contributed by atoms with van der Waals surface area (Å²) in [4.78, 5) is 14.0. The molecular formula is C9H6F6N2O3. The number of carboxylic acids is 1. The molecule has 0 aliphatic carbocycles. The number of nitrogens with two attached hydrogens (primary N) is 1. The highest BCUT2D eigenvalue weighted by atomic mass is 19.4. The van der Waals surface area contributed by atoms with Crippen LogP contribution in [0.2, 0.25) is 0 Å². The summed E-state index contributed by atoms with van der Waals surface area (Å²) < 4.78 is 77.4. The molecule has 0 bridgehead atoms. The molecule has 20 heavy (non-hydrogen) atoms. The largest absolute Gasteiger partial charge is 0.573 e. The van der Waals surface area contributed by atoms with Crippen LogP contribution >= 0.6 is 0 Å². The molecule has 0 unspecified atom stereocenters. The number of nitrogens with zero attached hydrogens (tertiary/aromatic N) is 1. The lowest BCUT2D eigenvalue weighted by Crippen LogP contribution is -2.24. The van der Waals surface area contributed by atoms with Gasteiger partial charge < -0.3 is 15.6 Å². The lowest BCUT2D eigenvalue weighted by molar-refractivity contribution is -0.276. The third-order valence-corrected chi connectivity index (χ3v) is 2.04. The number of hydrogen-bond acceptors (Lipinski definition) is 4. The first-order chi connectivity index (χ1) is 8.97. The molecule has 0 fully saturated rings. The number of rotatable bonds is 3. The van der Waals surface area contributed by atoms with Gasteiger partial charge in [0.2, 0.25) is 0 Å². The average Bonchev–Trinajstić information content (AvgIpc) is 2.23. The first-order valence-electron chi connectivity index (χ1n) is 4.75. The van der Waals surface area contributed by atoms with Crippen LogP contribution in [0.5, 0.6) is 5.75 Å². The highest BCUT2D eigenvalue weighted by molar-refractivity contribution is 5.92. The minimum atomic E-state index is -5.50. The molecule has 1 aromatic rings. The average molecular weight is 304 g/mol. The molecule has 1 aromatic heterocycles. The molecule has 0 saturated carbocycles. The van der Waals surface area contributed by atoms with E-state index in [2.05, 4.69) is 9.72 Å². The molecule has 11 heteroatoms. The Hall–Kier alpha value is -2.04. The maximum Gasteiger partial charge on any atom is 0.573 e. The molecule has 0 aromatic carbocycles. The van der Waals surface area contributed by atoms with E-state index in [1.165, 1.54) is 0 Å². The zero-order valence-electron chi connectivity index (χ0n) is 9.34. The fraction of sp³-hybridized carbons (Fsp3) is 0.333. The highest BCUT2D eigenvalue weighted by Crippen LogP contribution is 2.40. The van der Waals surface area contributed by atoms with Gasteiger partial charge in [-0.3, -0.25) is 4.98 Å². The van der Waals surface area contributed by atoms with Gasteiger partial charge in [0.15, 0.2) is 5.75 Å². The third kappa shape index (κ3) is 3.50. The number of halogens is 6. The summed E-state index contributed by atoms with van der Waals surface area (Å²) in [6.45, 7) is -0.673. The molecule has 1 rings (SSSR count). The molecule has 112 valence electrons. The third-order valence-electron chi connectivity index (χ3n) is 2.04. The van der Waals surface area contributed by atoms with Gasteiger partial charge in [0, 0.05) is 12.7 Å². The first-order valence-corrected chi connectivity index (χ1v) is 4.75. The van der Waals surface area contributed by atoms with Crippen molar-refractivity contribution in [1.82, 2.24) is 4.98 Å². The van der Waals surface area contributed by atoms with Gasteiger partial charge in [-0.05, 0) is 0 Å². The lowest BCUT2D eigenvalue weighted by atomic mass is 10.1. The van der Waals surface area contributed by atoms with E-state index in [-0.39, 0.29) is 6.20 Å². The lowest BCUT2D eigenvalue weighted by Gasteiger charge is -2.18. The smallest absolute Gasteiger partial charge is 0.477 e. The van der Waals surface area contributed by atoms with E-state index in [4.69, 9.17) is 10.8 Å². The van der Waals surface area contributed by atoms with Crippen LogP contribution in [-0.2, 0) is 12.7 Å². The SMILES string of the molecule is NCc1ncc(C(F)(F)F)c(OC(F)(F)F)c1C(=O)O. The molecule has 0 aliphatic heterocycles. The van der Waals surface area contributed by atoms with Gasteiger partial charge >= 0.3 is 18.5 Å². The standard InChI is InChI=1S/C9H6F6N2O3/c10-8(11,12)3-2-17-4(1-16)5(7(18)19)6(3)20-9(13,14)15/h2H,1,16H2,(H,18,19). The van der Waals surface area contributed by atoms with E-state index >= 15 is 0 Å². The maximum absolute atomic E-state index is 12.6. The second kappa shape index (κ2) is 5.15. The van der Waals surface area contributed by atoms with E-state index in [1.54, 1.807) is 0 Å². The number of carboxylic acid groups (broad SMARTS) is 1. The molecule has 0 spiro atoms. The number of pyridine rings is 1. The van der Waals surface area contributed by atoms with Crippen LogP contribution in [0.4, 0.5) is 26.3 Å². The number of ether oxygens (including phenoxy) is 1. The van der Waals surface area contributed by atoms with E-state index < -0.39 is 47.6 Å². The van der Waals surface area contributed by atoms with Crippen molar-refractivity contribution in [3.8, 4) is 5.75 Å². The van der Waals surface area contributed by atoms with Crippen molar-refractivity contribution in [2.45, 2.75) is 19.1 Å². The summed E-state index contributed by atoms with van der Waals surface area (Å²) in [7, 11) is 0. The second-order valence-corrected chi connectivity index (χ2v) is 3.38. The zero-order chi connectivity index (χ0) is 15.7. The number of hydrogen-bond donors (Lipinski definition) is 2. The summed E-state index contributed by atoms with van der Waals surface area (Å²) in [5, 5.41) is 8.75. The first kappa shape index (κ1) is 16.0. The van der Waals surface area contributed by atoms with Crippen molar-refractivity contribution >= 4 is 5.97 Å². The van der Waals surface area contributed by atoms with E-state index in [0.29, 0.717) is 0 Å². The predicted molar refractivity (Wildman–Crippen MR) is 50.8 cm³/mol. The van der Waals surface area contributed by atoms with Gasteiger partial charge in [0.25, 0.3) is 0 Å². The van der Waals surface area contributed by atoms with Crippen molar-refractivity contribution in [1.29, 1.82) is 0 Å². The number of aromatic nitrogens is 1. The van der Waals surface area contributed by atoms with Crippen molar-refractivity contribution in [3.05, 3.63) is 23.0 Å². The summed E-state index contributed by atoms with van der Waals surface area (Å²) in [6.07, 6.45) is -10.7. The van der Waals surface area contributed by atoms with Crippen molar-refractivity contribution in [2.24, 2.45) is 5.73 Å². The molecule has 5 nitrogen and oxygen atoms in total. The van der Waals surface area contributed by atoms with Gasteiger partial charge in [0.05, 0.1) is 5.69 Å². The van der Waals surface area contributed by atoms with E-state index in [1.807, 2.05) is 0 Å². The maximum atomic E-state index is 12.6. The van der Waals surface area contributed by atoms with Gasteiger partial charge in [-0.15, -0.1) is 13.2 Å². The molecule has 0 radical (unpaired) electrons. The summed E-state index contributed by atoms with van der Waals surface area (Å²) in [5.74, 6) is -3.95. The van der Waals surface area contributed by atoms with Crippen molar-refractivity contribution < 1.29 is 41.0 Å². The van der Waals surface area contributed by atoms with Crippen LogP contribution in [-0.4, -0.2) is 22.4 Å².